The molecule has 2 rings (SSSR count). The highest BCUT2D eigenvalue weighted by molar-refractivity contribution is 5.53. The minimum absolute atomic E-state index is 0.262. The summed E-state index contributed by atoms with van der Waals surface area (Å²) in [6.07, 6.45) is 2.41. The average Bonchev–Trinajstić information content (AvgIpc) is 2.98. The predicted octanol–water partition coefficient (Wildman–Crippen LogP) is 2.44. The van der Waals surface area contributed by atoms with Gasteiger partial charge in [0.25, 0.3) is 0 Å². The molecule has 1 aliphatic carbocycles. The van der Waals surface area contributed by atoms with Gasteiger partial charge in [-0.3, -0.25) is 0 Å². The summed E-state index contributed by atoms with van der Waals surface area (Å²) in [6, 6.07) is 6.00. The van der Waals surface area contributed by atoms with Crippen LogP contribution in [0.25, 0.3) is 0 Å². The first-order chi connectivity index (χ1) is 7.19. The summed E-state index contributed by atoms with van der Waals surface area (Å²) < 4.78 is 0. The molecule has 0 amide bonds. The molecule has 0 spiro atoms. The molecule has 78 valence electrons. The van der Waals surface area contributed by atoms with Gasteiger partial charge in [0, 0.05) is 17.7 Å². The number of hydrogen-bond donors (Lipinski definition) is 1. The SMILES string of the molecule is CCNc1nc(C2(C)CC2)ccc1C#N. The van der Waals surface area contributed by atoms with Gasteiger partial charge in [0.1, 0.15) is 11.9 Å². The fraction of sp³-hybridized carbons (Fsp3) is 0.500. The molecule has 3 nitrogen and oxygen atoms in total. The van der Waals surface area contributed by atoms with Gasteiger partial charge in [0.15, 0.2) is 0 Å². The van der Waals surface area contributed by atoms with Crippen molar-refractivity contribution in [2.45, 2.75) is 32.1 Å². The largest absolute Gasteiger partial charge is 0.369 e. The lowest BCUT2D eigenvalue weighted by molar-refractivity contribution is 0.750. The van der Waals surface area contributed by atoms with Gasteiger partial charge in [0.2, 0.25) is 0 Å². The minimum atomic E-state index is 0.262. The lowest BCUT2D eigenvalue weighted by Gasteiger charge is -2.11. The Labute approximate surface area is 90.1 Å². The fourth-order valence-corrected chi connectivity index (χ4v) is 1.63. The van der Waals surface area contributed by atoms with Gasteiger partial charge in [-0.2, -0.15) is 5.26 Å². The van der Waals surface area contributed by atoms with Crippen LogP contribution in [0.3, 0.4) is 0 Å². The van der Waals surface area contributed by atoms with Gasteiger partial charge < -0.3 is 5.32 Å². The zero-order valence-electron chi connectivity index (χ0n) is 9.17. The Morgan fingerprint density at radius 1 is 1.53 bits per heavy atom. The maximum atomic E-state index is 8.92. The molecule has 3 heteroatoms. The molecular formula is C12H15N3. The highest BCUT2D eigenvalue weighted by Crippen LogP contribution is 2.46. The smallest absolute Gasteiger partial charge is 0.144 e. The zero-order chi connectivity index (χ0) is 10.9. The van der Waals surface area contributed by atoms with E-state index >= 15 is 0 Å². The quantitative estimate of drug-likeness (QED) is 0.817. The molecule has 0 unspecified atom stereocenters. The minimum Gasteiger partial charge on any atom is -0.369 e. The third kappa shape index (κ3) is 1.80. The summed E-state index contributed by atoms with van der Waals surface area (Å²) in [6.45, 7) is 5.02. The number of nitrogens with zero attached hydrogens (tertiary/aromatic N) is 2. The van der Waals surface area contributed by atoms with Crippen molar-refractivity contribution in [1.29, 1.82) is 5.26 Å². The average molecular weight is 201 g/mol. The lowest BCUT2D eigenvalue weighted by atomic mass is 10.0. The molecule has 0 bridgehead atoms. The van der Waals surface area contributed by atoms with Crippen LogP contribution in [0.1, 0.15) is 37.9 Å². The first-order valence-corrected chi connectivity index (χ1v) is 5.35. The summed E-state index contributed by atoms with van der Waals surface area (Å²) in [5, 5.41) is 12.1. The summed E-state index contributed by atoms with van der Waals surface area (Å²) in [5.74, 6) is 0.727. The van der Waals surface area contributed by atoms with Crippen LogP contribution in [-0.4, -0.2) is 11.5 Å². The van der Waals surface area contributed by atoms with E-state index in [9.17, 15) is 0 Å². The predicted molar refractivity (Wildman–Crippen MR) is 59.7 cm³/mol. The van der Waals surface area contributed by atoms with E-state index in [0.717, 1.165) is 18.1 Å². The van der Waals surface area contributed by atoms with Crippen molar-refractivity contribution >= 4 is 5.82 Å². The number of pyridine rings is 1. The normalized spacial score (nSPS) is 16.9. The Morgan fingerprint density at radius 2 is 2.27 bits per heavy atom. The van der Waals surface area contributed by atoms with Crippen LogP contribution in [0, 0.1) is 11.3 Å². The van der Waals surface area contributed by atoms with Gasteiger partial charge >= 0.3 is 0 Å². The third-order valence-corrected chi connectivity index (χ3v) is 2.98. The van der Waals surface area contributed by atoms with E-state index in [1.54, 1.807) is 0 Å². The van der Waals surface area contributed by atoms with Crippen LogP contribution in [0.5, 0.6) is 0 Å². The molecule has 1 fully saturated rings. The topological polar surface area (TPSA) is 48.7 Å². The molecule has 0 atom stereocenters. The van der Waals surface area contributed by atoms with Gasteiger partial charge in [-0.25, -0.2) is 4.98 Å². The van der Waals surface area contributed by atoms with Gasteiger partial charge in [-0.15, -0.1) is 0 Å². The Kier molecular flexibility index (Phi) is 2.36. The zero-order valence-corrected chi connectivity index (χ0v) is 9.17. The Bertz CT molecular complexity index is 413. The van der Waals surface area contributed by atoms with E-state index < -0.39 is 0 Å². The number of aromatic nitrogens is 1. The molecule has 1 heterocycles. The number of hydrogen-bond acceptors (Lipinski definition) is 3. The highest BCUT2D eigenvalue weighted by Gasteiger charge is 2.40. The Balaban J connectivity index is 2.37. The standard InChI is InChI=1S/C12H15N3/c1-3-14-11-9(8-13)4-5-10(15-11)12(2)6-7-12/h4-5H,3,6-7H2,1-2H3,(H,14,15). The molecule has 1 aliphatic rings. The van der Waals surface area contributed by atoms with E-state index in [4.69, 9.17) is 5.26 Å². The van der Waals surface area contributed by atoms with E-state index in [2.05, 4.69) is 23.3 Å². The van der Waals surface area contributed by atoms with Crippen molar-refractivity contribution in [3.8, 4) is 6.07 Å². The Morgan fingerprint density at radius 3 is 2.80 bits per heavy atom. The van der Waals surface area contributed by atoms with Crippen LogP contribution in [0.15, 0.2) is 12.1 Å². The first kappa shape index (κ1) is 9.97. The van der Waals surface area contributed by atoms with E-state index in [-0.39, 0.29) is 5.41 Å². The molecule has 0 saturated heterocycles. The summed E-state index contributed by atoms with van der Waals surface area (Å²) in [7, 11) is 0. The van der Waals surface area contributed by atoms with Gasteiger partial charge in [-0.1, -0.05) is 6.92 Å². The second-order valence-corrected chi connectivity index (χ2v) is 4.30. The molecule has 1 aromatic heterocycles. The van der Waals surface area contributed by atoms with E-state index in [0.29, 0.717) is 5.56 Å². The van der Waals surface area contributed by atoms with Gasteiger partial charge in [-0.05, 0) is 31.9 Å². The number of rotatable bonds is 3. The van der Waals surface area contributed by atoms with Crippen molar-refractivity contribution in [2.75, 3.05) is 11.9 Å². The monoisotopic (exact) mass is 201 g/mol. The second-order valence-electron chi connectivity index (χ2n) is 4.30. The summed E-state index contributed by atoms with van der Waals surface area (Å²) in [5.41, 5.74) is 2.00. The summed E-state index contributed by atoms with van der Waals surface area (Å²) >= 11 is 0. The molecular weight excluding hydrogens is 186 g/mol. The lowest BCUT2D eigenvalue weighted by Crippen LogP contribution is -2.08. The van der Waals surface area contributed by atoms with E-state index in [1.165, 1.54) is 12.8 Å². The Hall–Kier alpha value is -1.56. The molecule has 15 heavy (non-hydrogen) atoms. The first-order valence-electron chi connectivity index (χ1n) is 5.35. The van der Waals surface area contributed by atoms with Crippen LogP contribution < -0.4 is 5.32 Å². The van der Waals surface area contributed by atoms with Crippen LogP contribution in [0.2, 0.25) is 0 Å². The summed E-state index contributed by atoms with van der Waals surface area (Å²) in [4.78, 5) is 4.53. The van der Waals surface area contributed by atoms with Crippen molar-refractivity contribution < 1.29 is 0 Å². The molecule has 0 radical (unpaired) electrons. The highest BCUT2D eigenvalue weighted by atomic mass is 15.0. The third-order valence-electron chi connectivity index (χ3n) is 2.98. The molecule has 1 aromatic rings. The molecule has 1 saturated carbocycles. The van der Waals surface area contributed by atoms with Crippen molar-refractivity contribution in [3.05, 3.63) is 23.4 Å². The number of anilines is 1. The van der Waals surface area contributed by atoms with Crippen LogP contribution in [-0.2, 0) is 5.41 Å². The second kappa shape index (κ2) is 3.54. The van der Waals surface area contributed by atoms with Crippen molar-refractivity contribution in [2.24, 2.45) is 0 Å². The maximum absolute atomic E-state index is 8.92. The number of nitriles is 1. The van der Waals surface area contributed by atoms with Gasteiger partial charge in [0.05, 0.1) is 5.56 Å². The van der Waals surface area contributed by atoms with Crippen LogP contribution >= 0.6 is 0 Å². The molecule has 0 aliphatic heterocycles. The van der Waals surface area contributed by atoms with E-state index in [1.807, 2.05) is 19.1 Å². The number of nitrogens with one attached hydrogen (secondary N) is 1. The van der Waals surface area contributed by atoms with Crippen molar-refractivity contribution in [1.82, 2.24) is 4.98 Å². The molecule has 0 aromatic carbocycles. The van der Waals surface area contributed by atoms with Crippen LogP contribution in [0.4, 0.5) is 5.82 Å². The maximum Gasteiger partial charge on any atom is 0.144 e. The van der Waals surface area contributed by atoms with Crippen molar-refractivity contribution in [3.63, 3.8) is 0 Å². The molecule has 1 N–H and O–H groups in total. The fourth-order valence-electron chi connectivity index (χ4n) is 1.63.